The highest BCUT2D eigenvalue weighted by molar-refractivity contribution is 7.13. The minimum Gasteiger partial charge on any atom is -0.494 e. The van der Waals surface area contributed by atoms with Gasteiger partial charge in [0.2, 0.25) is 11.8 Å². The van der Waals surface area contributed by atoms with Crippen LogP contribution in [0.4, 0.5) is 0 Å². The van der Waals surface area contributed by atoms with Crippen LogP contribution >= 0.6 is 11.3 Å². The normalized spacial score (nSPS) is 10.7. The van der Waals surface area contributed by atoms with E-state index < -0.39 is 0 Å². The minimum atomic E-state index is 0.00742. The van der Waals surface area contributed by atoms with Gasteiger partial charge in [-0.2, -0.15) is 0 Å². The lowest BCUT2D eigenvalue weighted by molar-refractivity contribution is -0.129. The Balaban J connectivity index is 1.62. The van der Waals surface area contributed by atoms with Crippen LogP contribution in [0.5, 0.6) is 5.75 Å². The first-order valence-electron chi connectivity index (χ1n) is 8.52. The van der Waals surface area contributed by atoms with E-state index in [1.807, 2.05) is 55.6 Å². The Labute approximate surface area is 157 Å². The number of thiophene rings is 1. The number of aryl methyl sites for hydroxylation is 1. The van der Waals surface area contributed by atoms with Crippen molar-refractivity contribution in [3.05, 3.63) is 58.8 Å². The average molecular weight is 370 g/mol. The monoisotopic (exact) mass is 370 g/mol. The molecule has 0 fully saturated rings. The fraction of sp³-hybridized carbons (Fsp3) is 0.300. The number of amides is 1. The number of likely N-dealkylation sites (N-methyl/N-ethyl adjacent to an activating group) is 1. The maximum atomic E-state index is 12.6. The molecule has 0 aliphatic rings. The number of hydrogen-bond donors (Lipinski definition) is 0. The second kappa shape index (κ2) is 8.19. The van der Waals surface area contributed by atoms with E-state index in [0.717, 1.165) is 16.2 Å². The van der Waals surface area contributed by atoms with E-state index in [4.69, 9.17) is 9.15 Å². The van der Waals surface area contributed by atoms with E-state index in [0.29, 0.717) is 30.5 Å². The molecule has 3 rings (SSSR count). The van der Waals surface area contributed by atoms with Crippen LogP contribution < -0.4 is 4.74 Å². The molecule has 0 bridgehead atoms. The van der Waals surface area contributed by atoms with Gasteiger partial charge in [-0.1, -0.05) is 18.2 Å². The first-order valence-corrected chi connectivity index (χ1v) is 9.40. The fourth-order valence-electron chi connectivity index (χ4n) is 2.60. The van der Waals surface area contributed by atoms with E-state index in [9.17, 15) is 4.79 Å². The highest BCUT2D eigenvalue weighted by atomic mass is 32.1. The van der Waals surface area contributed by atoms with Crippen molar-refractivity contribution in [1.82, 2.24) is 9.88 Å². The number of ether oxygens (including phenoxy) is 1. The van der Waals surface area contributed by atoms with Crippen molar-refractivity contribution < 1.29 is 13.9 Å². The first-order chi connectivity index (χ1) is 12.6. The molecule has 2 heterocycles. The quantitative estimate of drug-likeness (QED) is 0.622. The van der Waals surface area contributed by atoms with Crippen LogP contribution in [0.15, 0.2) is 46.2 Å². The molecular formula is C20H22N2O3S. The molecule has 0 radical (unpaired) electrons. The lowest BCUT2D eigenvalue weighted by Gasteiger charge is -2.17. The van der Waals surface area contributed by atoms with Crippen molar-refractivity contribution in [1.29, 1.82) is 0 Å². The summed E-state index contributed by atoms with van der Waals surface area (Å²) in [4.78, 5) is 19.7. The molecule has 0 N–H and O–H groups in total. The zero-order chi connectivity index (χ0) is 18.5. The highest BCUT2D eigenvalue weighted by Crippen LogP contribution is 2.26. The van der Waals surface area contributed by atoms with Gasteiger partial charge >= 0.3 is 0 Å². The summed E-state index contributed by atoms with van der Waals surface area (Å²) < 4.78 is 11.1. The fourth-order valence-corrected chi connectivity index (χ4v) is 3.24. The van der Waals surface area contributed by atoms with E-state index in [-0.39, 0.29) is 12.3 Å². The second-order valence-corrected chi connectivity index (χ2v) is 6.95. The van der Waals surface area contributed by atoms with E-state index in [1.165, 1.54) is 0 Å². The molecular weight excluding hydrogens is 348 g/mol. The molecule has 136 valence electrons. The summed E-state index contributed by atoms with van der Waals surface area (Å²) in [7, 11) is 1.80. The van der Waals surface area contributed by atoms with Gasteiger partial charge in [-0.3, -0.25) is 4.79 Å². The number of oxazole rings is 1. The van der Waals surface area contributed by atoms with Crippen molar-refractivity contribution in [2.45, 2.75) is 26.8 Å². The Hall–Kier alpha value is -2.60. The largest absolute Gasteiger partial charge is 0.494 e. The number of aromatic nitrogens is 1. The van der Waals surface area contributed by atoms with Crippen molar-refractivity contribution in [2.75, 3.05) is 13.7 Å². The Kier molecular flexibility index (Phi) is 5.73. The van der Waals surface area contributed by atoms with Crippen LogP contribution in [-0.2, 0) is 17.8 Å². The maximum absolute atomic E-state index is 12.6. The summed E-state index contributed by atoms with van der Waals surface area (Å²) in [6.07, 6.45) is 0.230. The second-order valence-electron chi connectivity index (χ2n) is 6.00. The third kappa shape index (κ3) is 4.32. The summed E-state index contributed by atoms with van der Waals surface area (Å²) >= 11 is 1.57. The summed E-state index contributed by atoms with van der Waals surface area (Å²) in [5.41, 5.74) is 1.75. The Morgan fingerprint density at radius 3 is 2.69 bits per heavy atom. The molecule has 0 atom stereocenters. The van der Waals surface area contributed by atoms with Crippen molar-refractivity contribution in [3.63, 3.8) is 0 Å². The average Bonchev–Trinajstić information content (AvgIpc) is 3.27. The molecule has 0 saturated carbocycles. The topological polar surface area (TPSA) is 55.6 Å². The lowest BCUT2D eigenvalue weighted by Crippen LogP contribution is -2.28. The molecule has 0 spiro atoms. The molecule has 0 unspecified atom stereocenters. The lowest BCUT2D eigenvalue weighted by atomic mass is 10.2. The van der Waals surface area contributed by atoms with Gasteiger partial charge in [0.25, 0.3) is 0 Å². The van der Waals surface area contributed by atoms with Gasteiger partial charge in [0.05, 0.1) is 23.6 Å². The Morgan fingerprint density at radius 1 is 1.27 bits per heavy atom. The van der Waals surface area contributed by atoms with Gasteiger partial charge in [0.15, 0.2) is 0 Å². The third-order valence-electron chi connectivity index (χ3n) is 4.02. The standard InChI is InChI=1S/C20H22N2O3S/c1-4-24-16-9-7-15(8-10-16)13-22(3)19(23)12-17-14(2)25-20(21-17)18-6-5-11-26-18/h5-11H,4,12-13H2,1-3H3. The number of carbonyl (C=O) groups excluding carboxylic acids is 1. The SMILES string of the molecule is CCOc1ccc(CN(C)C(=O)Cc2nc(-c3cccs3)oc2C)cc1. The number of benzene rings is 1. The third-order valence-corrected chi connectivity index (χ3v) is 4.88. The Morgan fingerprint density at radius 2 is 2.04 bits per heavy atom. The summed E-state index contributed by atoms with van der Waals surface area (Å²) in [5, 5.41) is 1.98. The molecule has 0 aliphatic carbocycles. The molecule has 2 aromatic heterocycles. The van der Waals surface area contributed by atoms with Gasteiger partial charge in [-0.05, 0) is 43.0 Å². The van der Waals surface area contributed by atoms with Crippen molar-refractivity contribution >= 4 is 17.2 Å². The molecule has 5 nitrogen and oxygen atoms in total. The molecule has 26 heavy (non-hydrogen) atoms. The van der Waals surface area contributed by atoms with Gasteiger partial charge in [-0.15, -0.1) is 11.3 Å². The van der Waals surface area contributed by atoms with Crippen LogP contribution in [-0.4, -0.2) is 29.4 Å². The van der Waals surface area contributed by atoms with Crippen LogP contribution in [0.25, 0.3) is 10.8 Å². The van der Waals surface area contributed by atoms with Crippen molar-refractivity contribution in [3.8, 4) is 16.5 Å². The summed E-state index contributed by atoms with van der Waals surface area (Å²) in [5.74, 6) is 2.11. The molecule has 0 aliphatic heterocycles. The summed E-state index contributed by atoms with van der Waals surface area (Å²) in [6.45, 7) is 4.98. The molecule has 1 amide bonds. The highest BCUT2D eigenvalue weighted by Gasteiger charge is 2.17. The zero-order valence-electron chi connectivity index (χ0n) is 15.2. The van der Waals surface area contributed by atoms with Gasteiger partial charge in [0.1, 0.15) is 11.5 Å². The molecule has 1 aromatic carbocycles. The molecule has 3 aromatic rings. The van der Waals surface area contributed by atoms with Gasteiger partial charge < -0.3 is 14.1 Å². The smallest absolute Gasteiger partial charge is 0.236 e. The van der Waals surface area contributed by atoms with Crippen molar-refractivity contribution in [2.24, 2.45) is 0 Å². The summed E-state index contributed by atoms with van der Waals surface area (Å²) in [6, 6.07) is 11.7. The number of rotatable bonds is 7. The van der Waals surface area contributed by atoms with E-state index in [2.05, 4.69) is 4.98 Å². The zero-order valence-corrected chi connectivity index (χ0v) is 16.0. The molecule has 0 saturated heterocycles. The minimum absolute atomic E-state index is 0.00742. The van der Waals surface area contributed by atoms with Crippen LogP contribution in [0.2, 0.25) is 0 Å². The molecule has 6 heteroatoms. The predicted octanol–water partition coefficient (Wildman–Crippen LogP) is 4.31. The van der Waals surface area contributed by atoms with Crippen LogP contribution in [0.1, 0.15) is 23.9 Å². The van der Waals surface area contributed by atoms with Crippen LogP contribution in [0.3, 0.4) is 0 Å². The first kappa shape index (κ1) is 18.2. The van der Waals surface area contributed by atoms with Gasteiger partial charge in [-0.25, -0.2) is 4.98 Å². The number of carbonyl (C=O) groups is 1. The van der Waals surface area contributed by atoms with Crippen LogP contribution in [0, 0.1) is 6.92 Å². The predicted molar refractivity (Wildman–Crippen MR) is 102 cm³/mol. The number of hydrogen-bond acceptors (Lipinski definition) is 5. The maximum Gasteiger partial charge on any atom is 0.236 e. The van der Waals surface area contributed by atoms with E-state index in [1.54, 1.807) is 23.3 Å². The Bertz CT molecular complexity index is 854. The van der Waals surface area contributed by atoms with Gasteiger partial charge in [0, 0.05) is 13.6 Å². The van der Waals surface area contributed by atoms with E-state index >= 15 is 0 Å². The number of nitrogens with zero attached hydrogens (tertiary/aromatic N) is 2.